The van der Waals surface area contributed by atoms with Crippen molar-refractivity contribution in [1.82, 2.24) is 19.4 Å². The molecule has 1 atom stereocenters. The fourth-order valence-corrected chi connectivity index (χ4v) is 4.25. The summed E-state index contributed by atoms with van der Waals surface area (Å²) in [5.41, 5.74) is 2.21. The number of piperidine rings is 1. The van der Waals surface area contributed by atoms with E-state index in [1.54, 1.807) is 7.11 Å². The highest BCUT2D eigenvalue weighted by atomic mass is 16.5. The standard InChI is InChI=1S/C25H30N4O2/c1-3-23-26-15-17-29(23)24-8-4-7-22(27-24)20-6-5-16-28(18-20)25(30)14-11-19-9-12-21(31-2)13-10-19/h4,7-10,12-13,15,17,20H,3,5-6,11,14,16,18H2,1-2H3. The van der Waals surface area contributed by atoms with Crippen molar-refractivity contribution in [2.45, 2.75) is 44.9 Å². The van der Waals surface area contributed by atoms with Crippen LogP contribution in [-0.2, 0) is 17.6 Å². The van der Waals surface area contributed by atoms with E-state index in [0.29, 0.717) is 6.42 Å². The molecule has 1 aliphatic heterocycles. The molecule has 1 aromatic carbocycles. The van der Waals surface area contributed by atoms with Crippen LogP contribution in [0.5, 0.6) is 5.75 Å². The quantitative estimate of drug-likeness (QED) is 0.578. The minimum atomic E-state index is 0.222. The number of ether oxygens (including phenoxy) is 1. The van der Waals surface area contributed by atoms with Crippen molar-refractivity contribution in [2.75, 3.05) is 20.2 Å². The Hall–Kier alpha value is -3.15. The van der Waals surface area contributed by atoms with E-state index >= 15 is 0 Å². The number of aryl methyl sites for hydroxylation is 2. The average Bonchev–Trinajstić information content (AvgIpc) is 3.32. The van der Waals surface area contributed by atoms with E-state index in [1.807, 2.05) is 52.2 Å². The number of aromatic nitrogens is 3. The van der Waals surface area contributed by atoms with Gasteiger partial charge in [0.1, 0.15) is 17.4 Å². The number of benzene rings is 1. The maximum atomic E-state index is 12.9. The molecule has 1 fully saturated rings. The molecule has 6 nitrogen and oxygen atoms in total. The van der Waals surface area contributed by atoms with Gasteiger partial charge in [0, 0.05) is 49.9 Å². The van der Waals surface area contributed by atoms with Gasteiger partial charge in [-0.2, -0.15) is 0 Å². The van der Waals surface area contributed by atoms with Crippen molar-refractivity contribution in [2.24, 2.45) is 0 Å². The van der Waals surface area contributed by atoms with Crippen LogP contribution < -0.4 is 4.74 Å². The molecule has 6 heteroatoms. The van der Waals surface area contributed by atoms with Crippen LogP contribution in [0.25, 0.3) is 5.82 Å². The third-order valence-corrected chi connectivity index (χ3v) is 6.02. The first-order valence-corrected chi connectivity index (χ1v) is 11.1. The van der Waals surface area contributed by atoms with E-state index < -0.39 is 0 Å². The molecule has 0 aliphatic carbocycles. The molecule has 3 heterocycles. The monoisotopic (exact) mass is 418 g/mol. The molecule has 2 aromatic heterocycles. The third kappa shape index (κ3) is 4.95. The van der Waals surface area contributed by atoms with Gasteiger partial charge in [0.25, 0.3) is 0 Å². The first-order chi connectivity index (χ1) is 15.2. The van der Waals surface area contributed by atoms with E-state index in [2.05, 4.69) is 24.0 Å². The molecule has 0 N–H and O–H groups in total. The lowest BCUT2D eigenvalue weighted by molar-refractivity contribution is -0.132. The van der Waals surface area contributed by atoms with Gasteiger partial charge in [0.05, 0.1) is 7.11 Å². The van der Waals surface area contributed by atoms with Crippen molar-refractivity contribution in [3.05, 3.63) is 71.9 Å². The minimum Gasteiger partial charge on any atom is -0.497 e. The van der Waals surface area contributed by atoms with Gasteiger partial charge in [-0.1, -0.05) is 25.1 Å². The second-order valence-corrected chi connectivity index (χ2v) is 8.01. The van der Waals surface area contributed by atoms with Crippen LogP contribution >= 0.6 is 0 Å². The first-order valence-electron chi connectivity index (χ1n) is 11.1. The van der Waals surface area contributed by atoms with Gasteiger partial charge in [-0.25, -0.2) is 9.97 Å². The average molecular weight is 419 g/mol. The summed E-state index contributed by atoms with van der Waals surface area (Å²) in [6.45, 7) is 3.67. The number of likely N-dealkylation sites (tertiary alicyclic amines) is 1. The number of rotatable bonds is 7. The molecule has 1 saturated heterocycles. The van der Waals surface area contributed by atoms with Crippen molar-refractivity contribution in [3.63, 3.8) is 0 Å². The fraction of sp³-hybridized carbons (Fsp3) is 0.400. The lowest BCUT2D eigenvalue weighted by atomic mass is 9.94. The van der Waals surface area contributed by atoms with Gasteiger partial charge in [0.15, 0.2) is 0 Å². The molecule has 0 radical (unpaired) electrons. The number of hydrogen-bond donors (Lipinski definition) is 0. The van der Waals surface area contributed by atoms with Crippen LogP contribution in [0.15, 0.2) is 54.9 Å². The molecule has 3 aromatic rings. The van der Waals surface area contributed by atoms with Gasteiger partial charge in [-0.3, -0.25) is 9.36 Å². The number of nitrogens with zero attached hydrogens (tertiary/aromatic N) is 4. The number of amides is 1. The lowest BCUT2D eigenvalue weighted by Crippen LogP contribution is -2.39. The van der Waals surface area contributed by atoms with Crippen LogP contribution in [-0.4, -0.2) is 45.5 Å². The predicted octanol–water partition coefficient (Wildman–Crippen LogP) is 4.18. The molecule has 1 aliphatic rings. The summed E-state index contributed by atoms with van der Waals surface area (Å²) in [4.78, 5) is 24.2. The summed E-state index contributed by atoms with van der Waals surface area (Å²) in [6.07, 6.45) is 7.98. The highest BCUT2D eigenvalue weighted by Crippen LogP contribution is 2.27. The Morgan fingerprint density at radius 2 is 2.03 bits per heavy atom. The molecular weight excluding hydrogens is 388 g/mol. The van der Waals surface area contributed by atoms with E-state index in [0.717, 1.165) is 67.4 Å². The van der Waals surface area contributed by atoms with Crippen LogP contribution in [0.4, 0.5) is 0 Å². The highest BCUT2D eigenvalue weighted by Gasteiger charge is 2.25. The molecule has 0 spiro atoms. The topological polar surface area (TPSA) is 60.2 Å². The van der Waals surface area contributed by atoms with Gasteiger partial charge >= 0.3 is 0 Å². The SMILES string of the molecule is CCc1nccn1-c1cccc(C2CCCN(C(=O)CCc3ccc(OC)cc3)C2)n1. The second-order valence-electron chi connectivity index (χ2n) is 8.01. The number of imidazole rings is 1. The number of methoxy groups -OCH3 is 1. The van der Waals surface area contributed by atoms with Gasteiger partial charge in [0.2, 0.25) is 5.91 Å². The molecule has 0 saturated carbocycles. The summed E-state index contributed by atoms with van der Waals surface area (Å²) in [7, 11) is 1.66. The van der Waals surface area contributed by atoms with Crippen molar-refractivity contribution < 1.29 is 9.53 Å². The van der Waals surface area contributed by atoms with Crippen LogP contribution in [0.1, 0.15) is 49.2 Å². The number of carbonyl (C=O) groups is 1. The lowest BCUT2D eigenvalue weighted by Gasteiger charge is -2.32. The highest BCUT2D eigenvalue weighted by molar-refractivity contribution is 5.76. The fourth-order valence-electron chi connectivity index (χ4n) is 4.25. The smallest absolute Gasteiger partial charge is 0.222 e. The second kappa shape index (κ2) is 9.77. The molecule has 162 valence electrons. The summed E-state index contributed by atoms with van der Waals surface area (Å²) < 4.78 is 7.25. The number of pyridine rings is 1. The summed E-state index contributed by atoms with van der Waals surface area (Å²) in [5, 5.41) is 0. The minimum absolute atomic E-state index is 0.222. The van der Waals surface area contributed by atoms with Crippen molar-refractivity contribution >= 4 is 5.91 Å². The van der Waals surface area contributed by atoms with E-state index in [9.17, 15) is 4.79 Å². The van der Waals surface area contributed by atoms with Crippen LogP contribution in [0.3, 0.4) is 0 Å². The Balaban J connectivity index is 1.40. The van der Waals surface area contributed by atoms with Crippen molar-refractivity contribution in [3.8, 4) is 11.6 Å². The zero-order valence-corrected chi connectivity index (χ0v) is 18.3. The summed E-state index contributed by atoms with van der Waals surface area (Å²) in [5.74, 6) is 3.23. The molecule has 0 bridgehead atoms. The van der Waals surface area contributed by atoms with E-state index in [-0.39, 0.29) is 11.8 Å². The first kappa shape index (κ1) is 21.1. The summed E-state index contributed by atoms with van der Waals surface area (Å²) in [6, 6.07) is 14.1. The van der Waals surface area contributed by atoms with Crippen molar-refractivity contribution in [1.29, 1.82) is 0 Å². The Bertz CT molecular complexity index is 1010. The largest absolute Gasteiger partial charge is 0.497 e. The van der Waals surface area contributed by atoms with E-state index in [4.69, 9.17) is 9.72 Å². The van der Waals surface area contributed by atoms with Crippen LogP contribution in [0, 0.1) is 0 Å². The maximum absolute atomic E-state index is 12.9. The van der Waals surface area contributed by atoms with Gasteiger partial charge in [-0.05, 0) is 49.1 Å². The van der Waals surface area contributed by atoms with Crippen LogP contribution in [0.2, 0.25) is 0 Å². The van der Waals surface area contributed by atoms with Gasteiger partial charge < -0.3 is 9.64 Å². The van der Waals surface area contributed by atoms with Gasteiger partial charge in [-0.15, -0.1) is 0 Å². The Morgan fingerprint density at radius 1 is 1.19 bits per heavy atom. The molecule has 31 heavy (non-hydrogen) atoms. The third-order valence-electron chi connectivity index (χ3n) is 6.02. The Kier molecular flexibility index (Phi) is 6.65. The Morgan fingerprint density at radius 3 is 2.81 bits per heavy atom. The zero-order valence-electron chi connectivity index (χ0n) is 18.3. The predicted molar refractivity (Wildman–Crippen MR) is 121 cm³/mol. The molecule has 1 amide bonds. The Labute approximate surface area is 183 Å². The summed E-state index contributed by atoms with van der Waals surface area (Å²) >= 11 is 0. The molecule has 4 rings (SSSR count). The molecule has 1 unspecified atom stereocenters. The van der Waals surface area contributed by atoms with E-state index in [1.165, 1.54) is 0 Å². The number of hydrogen-bond acceptors (Lipinski definition) is 4. The number of carbonyl (C=O) groups excluding carboxylic acids is 1. The maximum Gasteiger partial charge on any atom is 0.222 e. The normalized spacial score (nSPS) is 16.3. The zero-order chi connectivity index (χ0) is 21.6. The molecular formula is C25H30N4O2.